The van der Waals surface area contributed by atoms with Crippen molar-refractivity contribution in [3.63, 3.8) is 0 Å². The number of anilines is 1. The van der Waals surface area contributed by atoms with E-state index in [0.717, 1.165) is 25.2 Å². The van der Waals surface area contributed by atoms with Crippen molar-refractivity contribution in [2.24, 2.45) is 4.99 Å². The van der Waals surface area contributed by atoms with E-state index in [1.165, 1.54) is 29.1 Å². The van der Waals surface area contributed by atoms with Gasteiger partial charge in [-0.25, -0.2) is 4.99 Å². The summed E-state index contributed by atoms with van der Waals surface area (Å²) in [5.74, 6) is -0.591. The molecule has 1 N–H and O–H groups in total. The van der Waals surface area contributed by atoms with Crippen LogP contribution in [0.3, 0.4) is 0 Å². The Morgan fingerprint density at radius 3 is 3.00 bits per heavy atom. The third-order valence-corrected chi connectivity index (χ3v) is 5.76. The average Bonchev–Trinajstić information content (AvgIpc) is 2.68. The summed E-state index contributed by atoms with van der Waals surface area (Å²) in [6, 6.07) is 8.42. The summed E-state index contributed by atoms with van der Waals surface area (Å²) in [6.07, 6.45) is 9.80. The van der Waals surface area contributed by atoms with Gasteiger partial charge >= 0.3 is 0 Å². The Balaban J connectivity index is 1.48. The molecule has 0 fully saturated rings. The molecule has 2 aliphatic rings. The van der Waals surface area contributed by atoms with Gasteiger partial charge in [0.15, 0.2) is 0 Å². The standard InChI is InChI=1S/C22H25N3O2S/c1-3-25(17-9-6-8-16(2)14-17)13-7-12-23-21(26)15-20-22(27)24-18-10-4-5-11-19(18)28-20/h4-6,8-11,14-15,19H,3,7,12-13H2,1-2H3,(H,23,26)/b20-15-. The quantitative estimate of drug-likeness (QED) is 0.568. The predicted molar refractivity (Wildman–Crippen MR) is 117 cm³/mol. The number of nitrogens with one attached hydrogen (secondary N) is 1. The lowest BCUT2D eigenvalue weighted by atomic mass is 10.1. The molecule has 5 nitrogen and oxygen atoms in total. The van der Waals surface area contributed by atoms with Gasteiger partial charge < -0.3 is 10.2 Å². The number of aryl methyl sites for hydroxylation is 1. The van der Waals surface area contributed by atoms with Gasteiger partial charge in [-0.05, 0) is 44.0 Å². The highest BCUT2D eigenvalue weighted by atomic mass is 32.2. The van der Waals surface area contributed by atoms with Crippen LogP contribution in [-0.2, 0) is 9.59 Å². The topological polar surface area (TPSA) is 61.8 Å². The fourth-order valence-electron chi connectivity index (χ4n) is 3.11. The molecular weight excluding hydrogens is 370 g/mol. The van der Waals surface area contributed by atoms with E-state index in [1.807, 2.05) is 24.3 Å². The highest BCUT2D eigenvalue weighted by molar-refractivity contribution is 8.05. The molecule has 146 valence electrons. The first-order valence-corrected chi connectivity index (χ1v) is 10.4. The summed E-state index contributed by atoms with van der Waals surface area (Å²) < 4.78 is 0. The van der Waals surface area contributed by atoms with Gasteiger partial charge in [0.05, 0.1) is 15.9 Å². The van der Waals surface area contributed by atoms with Gasteiger partial charge in [0.1, 0.15) is 0 Å². The number of thioether (sulfide) groups is 1. The van der Waals surface area contributed by atoms with E-state index in [-0.39, 0.29) is 17.1 Å². The van der Waals surface area contributed by atoms with Crippen molar-refractivity contribution < 1.29 is 9.59 Å². The van der Waals surface area contributed by atoms with E-state index in [2.05, 4.69) is 53.3 Å². The first-order chi connectivity index (χ1) is 13.6. The van der Waals surface area contributed by atoms with Crippen molar-refractivity contribution in [3.05, 3.63) is 65.1 Å². The van der Waals surface area contributed by atoms with Crippen molar-refractivity contribution in [1.29, 1.82) is 0 Å². The Hall–Kier alpha value is -2.60. The van der Waals surface area contributed by atoms with Gasteiger partial charge in [-0.3, -0.25) is 9.59 Å². The van der Waals surface area contributed by atoms with Crippen LogP contribution < -0.4 is 10.2 Å². The highest BCUT2D eigenvalue weighted by Gasteiger charge is 2.26. The number of carbonyl (C=O) groups is 2. The second kappa shape index (κ2) is 9.55. The summed E-state index contributed by atoms with van der Waals surface area (Å²) in [7, 11) is 0. The normalized spacial score (nSPS) is 19.4. The van der Waals surface area contributed by atoms with Crippen LogP contribution in [0, 0.1) is 6.92 Å². The van der Waals surface area contributed by atoms with E-state index in [1.54, 1.807) is 0 Å². The molecule has 1 aromatic rings. The number of hydrogen-bond acceptors (Lipinski definition) is 4. The van der Waals surface area contributed by atoms with E-state index < -0.39 is 0 Å². The first-order valence-electron chi connectivity index (χ1n) is 9.52. The van der Waals surface area contributed by atoms with Crippen molar-refractivity contribution >= 4 is 35.0 Å². The molecule has 0 aromatic heterocycles. The Morgan fingerprint density at radius 1 is 1.36 bits per heavy atom. The zero-order chi connectivity index (χ0) is 19.9. The van der Waals surface area contributed by atoms with E-state index in [0.29, 0.717) is 11.4 Å². The van der Waals surface area contributed by atoms with Crippen LogP contribution in [0.5, 0.6) is 0 Å². The second-order valence-electron chi connectivity index (χ2n) is 6.70. The molecule has 3 rings (SSSR count). The maximum absolute atomic E-state index is 12.2. The molecular formula is C22H25N3O2S. The average molecular weight is 396 g/mol. The Bertz CT molecular complexity index is 870. The maximum atomic E-state index is 12.2. The van der Waals surface area contributed by atoms with Gasteiger partial charge in [0.2, 0.25) is 5.91 Å². The molecule has 0 saturated heterocycles. The van der Waals surface area contributed by atoms with Crippen LogP contribution in [0.4, 0.5) is 5.69 Å². The van der Waals surface area contributed by atoms with Crippen LogP contribution in [0.25, 0.3) is 0 Å². The Labute approximate surface area is 170 Å². The van der Waals surface area contributed by atoms with Crippen LogP contribution in [0.2, 0.25) is 0 Å². The Morgan fingerprint density at radius 2 is 2.21 bits per heavy atom. The summed E-state index contributed by atoms with van der Waals surface area (Å²) in [5, 5.41) is 2.89. The van der Waals surface area contributed by atoms with Gasteiger partial charge in [-0.1, -0.05) is 30.4 Å². The third-order valence-electron chi connectivity index (χ3n) is 4.57. The molecule has 1 aromatic carbocycles. The molecule has 2 amide bonds. The van der Waals surface area contributed by atoms with Crippen LogP contribution in [0.1, 0.15) is 18.9 Å². The van der Waals surface area contributed by atoms with Crippen LogP contribution in [-0.4, -0.2) is 42.4 Å². The SMILES string of the molecule is CCN(CCCNC(=O)/C=C1\SC2C=CC=CC2=NC1=O)c1cccc(C)c1. The van der Waals surface area contributed by atoms with E-state index >= 15 is 0 Å². The molecule has 0 saturated carbocycles. The molecule has 0 bridgehead atoms. The minimum atomic E-state index is -0.344. The fourth-order valence-corrected chi connectivity index (χ4v) is 4.13. The lowest BCUT2D eigenvalue weighted by Gasteiger charge is -2.23. The molecule has 1 unspecified atom stereocenters. The number of nitrogens with zero attached hydrogens (tertiary/aromatic N) is 2. The van der Waals surface area contributed by atoms with Crippen LogP contribution in [0.15, 0.2) is 64.5 Å². The van der Waals surface area contributed by atoms with Crippen molar-refractivity contribution in [3.8, 4) is 0 Å². The van der Waals surface area contributed by atoms with E-state index in [9.17, 15) is 9.59 Å². The number of amides is 2. The molecule has 1 atom stereocenters. The number of rotatable bonds is 7. The number of carbonyl (C=O) groups excluding carboxylic acids is 2. The molecule has 0 radical (unpaired) electrons. The van der Waals surface area contributed by atoms with Crippen molar-refractivity contribution in [1.82, 2.24) is 5.32 Å². The summed E-state index contributed by atoms with van der Waals surface area (Å²) >= 11 is 1.37. The van der Waals surface area contributed by atoms with Gasteiger partial charge in [-0.15, -0.1) is 11.8 Å². The maximum Gasteiger partial charge on any atom is 0.283 e. The zero-order valence-corrected chi connectivity index (χ0v) is 17.0. The first kappa shape index (κ1) is 20.1. The lowest BCUT2D eigenvalue weighted by Crippen LogP contribution is -2.30. The van der Waals surface area contributed by atoms with E-state index in [4.69, 9.17) is 0 Å². The highest BCUT2D eigenvalue weighted by Crippen LogP contribution is 2.31. The molecule has 0 spiro atoms. The number of hydrogen-bond donors (Lipinski definition) is 1. The minimum absolute atomic E-state index is 0.00851. The predicted octanol–water partition coefficient (Wildman–Crippen LogP) is 3.42. The lowest BCUT2D eigenvalue weighted by molar-refractivity contribution is -0.117. The number of benzene rings is 1. The summed E-state index contributed by atoms with van der Waals surface area (Å²) in [4.78, 5) is 31.1. The Kier molecular flexibility index (Phi) is 6.87. The number of fused-ring (bicyclic) bond motifs is 1. The second-order valence-corrected chi connectivity index (χ2v) is 7.88. The fraction of sp³-hybridized carbons (Fsp3) is 0.318. The molecule has 1 aliphatic heterocycles. The zero-order valence-electron chi connectivity index (χ0n) is 16.2. The summed E-state index contributed by atoms with van der Waals surface area (Å²) in [6.45, 7) is 6.54. The smallest absolute Gasteiger partial charge is 0.283 e. The van der Waals surface area contributed by atoms with Crippen molar-refractivity contribution in [2.75, 3.05) is 24.5 Å². The molecule has 1 aliphatic carbocycles. The molecule has 1 heterocycles. The van der Waals surface area contributed by atoms with Crippen LogP contribution >= 0.6 is 11.8 Å². The van der Waals surface area contributed by atoms with Gasteiger partial charge in [0, 0.05) is 31.4 Å². The molecule has 28 heavy (non-hydrogen) atoms. The minimum Gasteiger partial charge on any atom is -0.372 e. The third kappa shape index (κ3) is 5.23. The number of aliphatic imine (C=N–C) groups is 1. The largest absolute Gasteiger partial charge is 0.372 e. The van der Waals surface area contributed by atoms with Crippen molar-refractivity contribution in [2.45, 2.75) is 25.5 Å². The molecule has 6 heteroatoms. The summed E-state index contributed by atoms with van der Waals surface area (Å²) in [5.41, 5.74) is 3.17. The van der Waals surface area contributed by atoms with Gasteiger partial charge in [0.25, 0.3) is 5.91 Å². The number of allylic oxidation sites excluding steroid dienone is 3. The van der Waals surface area contributed by atoms with Gasteiger partial charge in [-0.2, -0.15) is 0 Å². The monoisotopic (exact) mass is 395 g/mol.